The zero-order valence-corrected chi connectivity index (χ0v) is 20.1. The molecular formula is C24H27N3Na2O5S2. The van der Waals surface area contributed by atoms with Gasteiger partial charge in [-0.15, -0.1) is 0 Å². The molecule has 1 heterocycles. The number of benzene rings is 3. The molecular weight excluding hydrogens is 520 g/mol. The summed E-state index contributed by atoms with van der Waals surface area (Å²) in [5.74, 6) is 0.364. The molecule has 0 spiro atoms. The number of hydrogen-bond acceptors (Lipinski definition) is 6. The number of fused-ring (bicyclic) bond motifs is 1. The van der Waals surface area contributed by atoms with E-state index in [-0.39, 0.29) is 74.9 Å². The summed E-state index contributed by atoms with van der Waals surface area (Å²) in [4.78, 5) is -0.189. The van der Waals surface area contributed by atoms with E-state index in [1.54, 1.807) is 31.2 Å². The minimum atomic E-state index is -4.06. The van der Waals surface area contributed by atoms with E-state index in [0.29, 0.717) is 30.0 Å². The van der Waals surface area contributed by atoms with E-state index < -0.39 is 20.0 Å². The second kappa shape index (κ2) is 12.7. The van der Waals surface area contributed by atoms with Crippen LogP contribution in [-0.4, -0.2) is 82.6 Å². The average molecular weight is 548 g/mol. The number of rotatable bonds is 7. The Labute approximate surface area is 256 Å². The van der Waals surface area contributed by atoms with Gasteiger partial charge in [0.2, 0.25) is 20.0 Å². The van der Waals surface area contributed by atoms with Crippen molar-refractivity contribution in [2.45, 2.75) is 29.3 Å². The molecule has 12 heteroatoms. The van der Waals surface area contributed by atoms with Crippen LogP contribution < -0.4 is 20.3 Å². The summed E-state index contributed by atoms with van der Waals surface area (Å²) < 4.78 is 54.4. The normalized spacial score (nSPS) is 15.1. The fraction of sp³-hybridized carbons (Fsp3) is 0.167. The van der Waals surface area contributed by atoms with Crippen molar-refractivity contribution >= 4 is 91.3 Å². The van der Waals surface area contributed by atoms with Gasteiger partial charge in [0.05, 0.1) is 22.4 Å². The van der Waals surface area contributed by atoms with Gasteiger partial charge in [0.15, 0.2) is 0 Å². The maximum absolute atomic E-state index is 12.4. The first-order valence-corrected chi connectivity index (χ1v) is 13.6. The van der Waals surface area contributed by atoms with Gasteiger partial charge in [-0.25, -0.2) is 27.1 Å². The molecule has 1 atom stereocenters. The number of ether oxygens (including phenoxy) is 1. The van der Waals surface area contributed by atoms with Crippen LogP contribution in [0.4, 0.5) is 0 Å². The van der Waals surface area contributed by atoms with Crippen LogP contribution in [0, 0.1) is 0 Å². The summed E-state index contributed by atoms with van der Waals surface area (Å²) in [6, 6.07) is 17.3. The Morgan fingerprint density at radius 2 is 1.47 bits per heavy atom. The van der Waals surface area contributed by atoms with Crippen molar-refractivity contribution in [3.05, 3.63) is 88.5 Å². The van der Waals surface area contributed by atoms with E-state index in [2.05, 4.69) is 5.32 Å². The van der Waals surface area contributed by atoms with Crippen LogP contribution in [0.15, 0.2) is 70.5 Å². The average Bonchev–Trinajstić information content (AvgIpc) is 3.21. The maximum atomic E-state index is 12.4. The first-order chi connectivity index (χ1) is 16.1. The fourth-order valence-electron chi connectivity index (χ4n) is 4.05. The molecule has 8 nitrogen and oxygen atoms in total. The molecule has 0 saturated heterocycles. The predicted octanol–water partition coefficient (Wildman–Crippen LogP) is 1.45. The number of sulfonamides is 2. The Kier molecular flexibility index (Phi) is 11.0. The molecule has 1 aliphatic rings. The van der Waals surface area contributed by atoms with Gasteiger partial charge in [0.25, 0.3) is 0 Å². The van der Waals surface area contributed by atoms with Crippen LogP contribution in [0.3, 0.4) is 0 Å². The molecule has 0 amide bonds. The van der Waals surface area contributed by atoms with E-state index in [9.17, 15) is 16.8 Å². The molecule has 0 radical (unpaired) electrons. The molecule has 182 valence electrons. The second-order valence-corrected chi connectivity index (χ2v) is 10.9. The zero-order valence-electron chi connectivity index (χ0n) is 18.4. The van der Waals surface area contributed by atoms with Crippen molar-refractivity contribution in [2.75, 3.05) is 6.61 Å². The third kappa shape index (κ3) is 7.09. The molecule has 0 bridgehead atoms. The molecule has 0 aliphatic carbocycles. The summed E-state index contributed by atoms with van der Waals surface area (Å²) in [6.45, 7) is 2.83. The molecule has 3 aromatic rings. The van der Waals surface area contributed by atoms with E-state index in [1.165, 1.54) is 18.2 Å². The molecule has 0 fully saturated rings. The van der Waals surface area contributed by atoms with Gasteiger partial charge in [0, 0.05) is 12.6 Å². The van der Waals surface area contributed by atoms with Crippen molar-refractivity contribution in [3.63, 3.8) is 0 Å². The van der Waals surface area contributed by atoms with Crippen LogP contribution in [-0.2, 0) is 26.6 Å². The summed E-state index contributed by atoms with van der Waals surface area (Å²) in [6.07, 6.45) is 2.99. The van der Waals surface area contributed by atoms with Crippen molar-refractivity contribution in [1.29, 1.82) is 0 Å². The van der Waals surface area contributed by atoms with Gasteiger partial charge in [-0.3, -0.25) is 0 Å². The first-order valence-electron chi connectivity index (χ1n) is 10.5. The fourth-order valence-corrected chi connectivity index (χ4v) is 5.56. The quantitative estimate of drug-likeness (QED) is 0.302. The third-order valence-corrected chi connectivity index (χ3v) is 7.52. The minimum absolute atomic E-state index is 0. The Hall–Kier alpha value is -1.02. The van der Waals surface area contributed by atoms with Gasteiger partial charge in [0.1, 0.15) is 5.75 Å². The van der Waals surface area contributed by atoms with Gasteiger partial charge in [-0.05, 0) is 52.9 Å². The second-order valence-electron chi connectivity index (χ2n) is 7.87. The topological polar surface area (TPSA) is 142 Å². The summed E-state index contributed by atoms with van der Waals surface area (Å²) in [7, 11) is -8.11. The Morgan fingerprint density at radius 1 is 0.889 bits per heavy atom. The zero-order chi connectivity index (χ0) is 24.5. The van der Waals surface area contributed by atoms with Gasteiger partial charge >= 0.3 is 59.1 Å². The van der Waals surface area contributed by atoms with Crippen LogP contribution in [0.5, 0.6) is 5.75 Å². The first kappa shape index (κ1) is 31.2. The Bertz CT molecular complexity index is 1490. The van der Waals surface area contributed by atoms with Gasteiger partial charge < -0.3 is 10.1 Å². The number of nitrogens with two attached hydrogens (primary N) is 2. The van der Waals surface area contributed by atoms with Crippen LogP contribution >= 0.6 is 0 Å². The van der Waals surface area contributed by atoms with Crippen molar-refractivity contribution in [3.8, 4) is 5.75 Å². The van der Waals surface area contributed by atoms with Crippen LogP contribution in [0.1, 0.15) is 40.8 Å². The summed E-state index contributed by atoms with van der Waals surface area (Å²) in [5, 5.41) is 14.3. The number of hydrogen-bond donors (Lipinski definition) is 3. The third-order valence-electron chi connectivity index (χ3n) is 5.59. The molecule has 3 aromatic carbocycles. The molecule has 1 aliphatic heterocycles. The molecule has 0 saturated carbocycles. The van der Waals surface area contributed by atoms with Crippen molar-refractivity contribution in [1.82, 2.24) is 5.32 Å². The van der Waals surface area contributed by atoms with Crippen LogP contribution in [0.2, 0.25) is 0 Å². The standard InChI is InChI=1S/C24H25N3O5S2.2Na.2H/c1-2-32-20-12-11-17(23(14-20)34(26,30)31)8-7-16-9-10-18(13-22(16)33(25,28)29)24-21-6-4-3-5-19(21)15-27-24;;;;/h3-14,24,27H,2,15H2,1H3,(H2,25,28,29)(H2,26,30,31);;;;. The molecule has 4 rings (SSSR count). The molecule has 5 N–H and O–H groups in total. The van der Waals surface area contributed by atoms with Crippen molar-refractivity contribution < 1.29 is 21.6 Å². The van der Waals surface area contributed by atoms with Crippen molar-refractivity contribution in [2.24, 2.45) is 10.3 Å². The molecule has 1 unspecified atom stereocenters. The summed E-state index contributed by atoms with van der Waals surface area (Å²) in [5.41, 5.74) is 3.61. The van der Waals surface area contributed by atoms with Gasteiger partial charge in [-0.1, -0.05) is 48.6 Å². The Morgan fingerprint density at radius 3 is 2.08 bits per heavy atom. The summed E-state index contributed by atoms with van der Waals surface area (Å²) >= 11 is 0. The van der Waals surface area contributed by atoms with E-state index in [0.717, 1.165) is 16.7 Å². The van der Waals surface area contributed by atoms with E-state index in [4.69, 9.17) is 15.0 Å². The van der Waals surface area contributed by atoms with E-state index in [1.807, 2.05) is 30.3 Å². The van der Waals surface area contributed by atoms with Gasteiger partial charge in [-0.2, -0.15) is 0 Å². The van der Waals surface area contributed by atoms with Crippen LogP contribution in [0.25, 0.3) is 12.2 Å². The van der Waals surface area contributed by atoms with E-state index >= 15 is 0 Å². The predicted molar refractivity (Wildman–Crippen MR) is 145 cm³/mol. The number of nitrogens with one attached hydrogen (secondary N) is 1. The molecule has 0 aromatic heterocycles. The monoisotopic (exact) mass is 547 g/mol. The SMILES string of the molecule is CCOc1ccc(C=Cc2ccc(C3NCc4ccccc43)cc2S(N)(=O)=O)c(S(N)(=O)=O)c1.[NaH].[NaH]. The Balaban J connectivity index is 0.00000228. The molecule has 36 heavy (non-hydrogen) atoms. The number of primary sulfonamides is 2.